The number of halogens is 1. The Labute approximate surface area is 143 Å². The van der Waals surface area contributed by atoms with Gasteiger partial charge in [0.1, 0.15) is 0 Å². The van der Waals surface area contributed by atoms with Crippen LogP contribution in [0, 0.1) is 5.92 Å². The Morgan fingerprint density at radius 2 is 1.95 bits per heavy atom. The summed E-state index contributed by atoms with van der Waals surface area (Å²) in [6.07, 6.45) is 5.01. The molecule has 1 aliphatic rings. The Bertz CT molecular complexity index is 524. The number of fused-ring (bicyclic) bond motifs is 1. The highest BCUT2D eigenvalue weighted by atomic mass is 79.9. The second kappa shape index (κ2) is 7.63. The summed E-state index contributed by atoms with van der Waals surface area (Å²) in [5.41, 5.74) is 3.84. The zero-order chi connectivity index (χ0) is 16.3. The lowest BCUT2D eigenvalue weighted by Gasteiger charge is -2.27. The molecule has 3 heteroatoms. The Hall–Kier alpha value is -0.830. The molecule has 122 valence electrons. The second-order valence-electron chi connectivity index (χ2n) is 6.45. The minimum atomic E-state index is 0.153. The Morgan fingerprint density at radius 3 is 2.55 bits per heavy atom. The highest BCUT2D eigenvalue weighted by molar-refractivity contribution is 9.09. The van der Waals surface area contributed by atoms with Gasteiger partial charge < -0.3 is 4.90 Å². The molecule has 2 rings (SSSR count). The quantitative estimate of drug-likeness (QED) is 0.640. The number of benzene rings is 1. The molecule has 0 spiro atoms. The fourth-order valence-corrected chi connectivity index (χ4v) is 3.76. The molecule has 2 atom stereocenters. The summed E-state index contributed by atoms with van der Waals surface area (Å²) in [5, 5.41) is 0. The van der Waals surface area contributed by atoms with Crippen molar-refractivity contribution in [2.24, 2.45) is 5.92 Å². The average molecular weight is 366 g/mol. The first-order chi connectivity index (χ1) is 10.5. The Morgan fingerprint density at radius 1 is 1.27 bits per heavy atom. The number of carbonyl (C=O) groups excluding carboxylic acids is 1. The van der Waals surface area contributed by atoms with Crippen LogP contribution in [0.3, 0.4) is 0 Å². The molecule has 0 bridgehead atoms. The number of carbonyl (C=O) groups is 1. The molecule has 0 saturated heterocycles. The number of amides is 1. The van der Waals surface area contributed by atoms with Gasteiger partial charge in [-0.25, -0.2) is 0 Å². The third kappa shape index (κ3) is 3.56. The second-order valence-corrected chi connectivity index (χ2v) is 7.74. The van der Waals surface area contributed by atoms with E-state index in [0.29, 0.717) is 10.7 Å². The van der Waals surface area contributed by atoms with Gasteiger partial charge in [0.2, 0.25) is 5.91 Å². The van der Waals surface area contributed by atoms with Gasteiger partial charge in [-0.3, -0.25) is 4.79 Å². The Kier molecular flexibility index (Phi) is 6.08. The maximum Gasteiger partial charge on any atom is 0.230 e. The monoisotopic (exact) mass is 365 g/mol. The molecule has 2 unspecified atom stereocenters. The molecule has 1 aromatic carbocycles. The van der Waals surface area contributed by atoms with Crippen molar-refractivity contribution in [3.63, 3.8) is 0 Å². The fourth-order valence-electron chi connectivity index (χ4n) is 3.38. The van der Waals surface area contributed by atoms with Crippen molar-refractivity contribution in [2.75, 3.05) is 4.90 Å². The van der Waals surface area contributed by atoms with E-state index >= 15 is 0 Å². The van der Waals surface area contributed by atoms with Crippen LogP contribution >= 0.6 is 15.9 Å². The summed E-state index contributed by atoms with van der Waals surface area (Å²) in [7, 11) is 0. The molecule has 0 aliphatic carbocycles. The topological polar surface area (TPSA) is 20.3 Å². The highest BCUT2D eigenvalue weighted by Gasteiger charge is 2.33. The number of hydrogen-bond acceptors (Lipinski definition) is 1. The normalized spacial score (nSPS) is 18.6. The van der Waals surface area contributed by atoms with Crippen molar-refractivity contribution in [3.05, 3.63) is 29.3 Å². The zero-order valence-electron chi connectivity index (χ0n) is 14.2. The first kappa shape index (κ1) is 17.5. The maximum absolute atomic E-state index is 12.8. The summed E-state index contributed by atoms with van der Waals surface area (Å²) in [4.78, 5) is 15.4. The molecule has 1 aromatic rings. The molecule has 22 heavy (non-hydrogen) atoms. The van der Waals surface area contributed by atoms with Gasteiger partial charge in [-0.2, -0.15) is 0 Å². The van der Waals surface area contributed by atoms with Crippen LogP contribution in [0.1, 0.15) is 58.1 Å². The molecule has 1 aliphatic heterocycles. The van der Waals surface area contributed by atoms with E-state index in [-0.39, 0.29) is 12.0 Å². The van der Waals surface area contributed by atoms with Crippen molar-refractivity contribution in [1.82, 2.24) is 0 Å². The number of nitrogens with zero attached hydrogens (tertiary/aromatic N) is 1. The predicted molar refractivity (Wildman–Crippen MR) is 97.9 cm³/mol. The average Bonchev–Trinajstić information content (AvgIpc) is 2.83. The van der Waals surface area contributed by atoms with Crippen molar-refractivity contribution in [3.8, 4) is 0 Å². The van der Waals surface area contributed by atoms with Gasteiger partial charge >= 0.3 is 0 Å². The molecule has 0 fully saturated rings. The van der Waals surface area contributed by atoms with Crippen LogP contribution in [0.5, 0.6) is 0 Å². The predicted octanol–water partition coefficient (Wildman–Crippen LogP) is 5.12. The van der Waals surface area contributed by atoms with Gasteiger partial charge in [0.15, 0.2) is 0 Å². The van der Waals surface area contributed by atoms with Crippen molar-refractivity contribution >= 4 is 27.5 Å². The molecular weight excluding hydrogens is 338 g/mol. The van der Waals surface area contributed by atoms with Crippen LogP contribution in [0.2, 0.25) is 0 Å². The standard InChI is InChI=1S/C19H28BrNO/c1-5-15(6-2)19(22)21-13(4)10-16-11-14(8-9-18(16)21)12-17(20)7-3/h8-9,11,13,15,17H,5-7,10,12H2,1-4H3. The van der Waals surface area contributed by atoms with E-state index in [9.17, 15) is 4.79 Å². The van der Waals surface area contributed by atoms with Crippen LogP contribution in [0.4, 0.5) is 5.69 Å². The summed E-state index contributed by atoms with van der Waals surface area (Å²) in [6, 6.07) is 6.93. The molecule has 0 saturated carbocycles. The maximum atomic E-state index is 12.8. The van der Waals surface area contributed by atoms with Gasteiger partial charge in [0.25, 0.3) is 0 Å². The summed E-state index contributed by atoms with van der Waals surface area (Å²) in [5.74, 6) is 0.455. The molecule has 0 aromatic heterocycles. The minimum absolute atomic E-state index is 0.153. The first-order valence-corrected chi connectivity index (χ1v) is 9.52. The first-order valence-electron chi connectivity index (χ1n) is 8.60. The van der Waals surface area contributed by atoms with Gasteiger partial charge in [-0.1, -0.05) is 48.8 Å². The third-order valence-corrected chi connectivity index (χ3v) is 5.80. The van der Waals surface area contributed by atoms with Gasteiger partial charge in [0, 0.05) is 22.5 Å². The van der Waals surface area contributed by atoms with Crippen molar-refractivity contribution in [1.29, 1.82) is 0 Å². The summed E-state index contributed by atoms with van der Waals surface area (Å²) >= 11 is 3.71. The molecule has 0 N–H and O–H groups in total. The zero-order valence-corrected chi connectivity index (χ0v) is 15.8. The molecule has 1 heterocycles. The van der Waals surface area contributed by atoms with Crippen LogP contribution in [-0.2, 0) is 17.6 Å². The lowest BCUT2D eigenvalue weighted by Crippen LogP contribution is -2.39. The van der Waals surface area contributed by atoms with Gasteiger partial charge in [-0.05, 0) is 56.2 Å². The number of rotatable bonds is 6. The molecule has 0 radical (unpaired) electrons. The fraction of sp³-hybridized carbons (Fsp3) is 0.632. The number of hydrogen-bond donors (Lipinski definition) is 0. The summed E-state index contributed by atoms with van der Waals surface area (Å²) in [6.45, 7) is 8.58. The van der Waals surface area contributed by atoms with Crippen LogP contribution in [0.15, 0.2) is 18.2 Å². The van der Waals surface area contributed by atoms with Crippen LogP contribution in [-0.4, -0.2) is 16.8 Å². The molecule has 1 amide bonds. The van der Waals surface area contributed by atoms with Gasteiger partial charge in [-0.15, -0.1) is 0 Å². The largest absolute Gasteiger partial charge is 0.309 e. The smallest absolute Gasteiger partial charge is 0.230 e. The van der Waals surface area contributed by atoms with E-state index in [1.165, 1.54) is 11.1 Å². The van der Waals surface area contributed by atoms with E-state index in [2.05, 4.69) is 61.8 Å². The van der Waals surface area contributed by atoms with Gasteiger partial charge in [0.05, 0.1) is 0 Å². The summed E-state index contributed by atoms with van der Waals surface area (Å²) < 4.78 is 0. The Balaban J connectivity index is 2.24. The lowest BCUT2D eigenvalue weighted by atomic mass is 10.0. The van der Waals surface area contributed by atoms with Crippen molar-refractivity contribution in [2.45, 2.75) is 70.7 Å². The number of anilines is 1. The van der Waals surface area contributed by atoms with E-state index in [1.54, 1.807) is 0 Å². The third-order valence-electron chi connectivity index (χ3n) is 4.83. The van der Waals surface area contributed by atoms with E-state index in [4.69, 9.17) is 0 Å². The lowest BCUT2D eigenvalue weighted by molar-refractivity contribution is -0.122. The highest BCUT2D eigenvalue weighted by Crippen LogP contribution is 2.35. The molecular formula is C19H28BrNO. The van der Waals surface area contributed by atoms with E-state index < -0.39 is 0 Å². The van der Waals surface area contributed by atoms with Crippen molar-refractivity contribution < 1.29 is 4.79 Å². The number of alkyl halides is 1. The minimum Gasteiger partial charge on any atom is -0.309 e. The SMILES string of the molecule is CCC(Br)Cc1ccc2c(c1)CC(C)N2C(=O)C(CC)CC. The molecule has 2 nitrogen and oxygen atoms in total. The van der Waals surface area contributed by atoms with E-state index in [0.717, 1.165) is 37.8 Å². The van der Waals surface area contributed by atoms with Crippen LogP contribution < -0.4 is 4.90 Å². The van der Waals surface area contributed by atoms with Crippen LogP contribution in [0.25, 0.3) is 0 Å². The van der Waals surface area contributed by atoms with E-state index in [1.807, 2.05) is 4.90 Å².